The SMILES string of the molecule is O=C(O)c1ccc2c(C3CCCCC3)c(-c3ccc(OCc4ccccc4)cc3)n(CC(=O)N3CCCCC3)c2c1. The number of aromatic nitrogens is 1. The van der Waals surface area contributed by atoms with E-state index in [9.17, 15) is 14.7 Å². The van der Waals surface area contributed by atoms with Crippen LogP contribution in [0.4, 0.5) is 0 Å². The largest absolute Gasteiger partial charge is 0.489 e. The molecule has 1 saturated carbocycles. The number of carboxylic acid groups (broad SMARTS) is 1. The molecule has 0 bridgehead atoms. The monoisotopic (exact) mass is 550 g/mol. The summed E-state index contributed by atoms with van der Waals surface area (Å²) in [5.41, 5.74) is 5.50. The molecule has 0 spiro atoms. The smallest absolute Gasteiger partial charge is 0.335 e. The summed E-state index contributed by atoms with van der Waals surface area (Å²) < 4.78 is 8.17. The second-order valence-electron chi connectivity index (χ2n) is 11.5. The van der Waals surface area contributed by atoms with Gasteiger partial charge in [0.05, 0.1) is 16.8 Å². The van der Waals surface area contributed by atoms with Crippen LogP contribution in [0.2, 0.25) is 0 Å². The van der Waals surface area contributed by atoms with Gasteiger partial charge in [0, 0.05) is 18.5 Å². The highest BCUT2D eigenvalue weighted by Gasteiger charge is 2.29. The number of aromatic carboxylic acids is 1. The van der Waals surface area contributed by atoms with E-state index in [2.05, 4.69) is 16.7 Å². The molecule has 0 radical (unpaired) electrons. The Morgan fingerprint density at radius 2 is 1.54 bits per heavy atom. The summed E-state index contributed by atoms with van der Waals surface area (Å²) in [7, 11) is 0. The number of carbonyl (C=O) groups is 2. The maximum Gasteiger partial charge on any atom is 0.335 e. The van der Waals surface area contributed by atoms with E-state index in [0.29, 0.717) is 12.5 Å². The molecule has 212 valence electrons. The van der Waals surface area contributed by atoms with Gasteiger partial charge in [0.1, 0.15) is 18.9 Å². The third-order valence-corrected chi connectivity index (χ3v) is 8.74. The molecule has 0 unspecified atom stereocenters. The molecule has 2 aliphatic rings. The van der Waals surface area contributed by atoms with Gasteiger partial charge in [-0.1, -0.05) is 55.7 Å². The van der Waals surface area contributed by atoms with E-state index < -0.39 is 5.97 Å². The molecule has 2 fully saturated rings. The van der Waals surface area contributed by atoms with Gasteiger partial charge in [0.15, 0.2) is 0 Å². The van der Waals surface area contributed by atoms with E-state index in [-0.39, 0.29) is 18.0 Å². The minimum absolute atomic E-state index is 0.0987. The van der Waals surface area contributed by atoms with Crippen LogP contribution in [0, 0.1) is 0 Å². The van der Waals surface area contributed by atoms with Crippen LogP contribution in [-0.4, -0.2) is 39.5 Å². The van der Waals surface area contributed by atoms with Crippen molar-refractivity contribution < 1.29 is 19.4 Å². The number of hydrogen-bond donors (Lipinski definition) is 1. The van der Waals surface area contributed by atoms with Gasteiger partial charge in [-0.05, 0) is 91.1 Å². The van der Waals surface area contributed by atoms with Crippen LogP contribution < -0.4 is 4.74 Å². The van der Waals surface area contributed by atoms with Crippen molar-refractivity contribution in [3.05, 3.63) is 89.5 Å². The zero-order chi connectivity index (χ0) is 28.2. The summed E-state index contributed by atoms with van der Waals surface area (Å²) in [5, 5.41) is 10.9. The van der Waals surface area contributed by atoms with Gasteiger partial charge in [-0.25, -0.2) is 4.79 Å². The van der Waals surface area contributed by atoms with Gasteiger partial charge in [0.2, 0.25) is 5.91 Å². The lowest BCUT2D eigenvalue weighted by Gasteiger charge is -2.28. The highest BCUT2D eigenvalue weighted by atomic mass is 16.5. The summed E-state index contributed by atoms with van der Waals surface area (Å²) in [6.07, 6.45) is 9.04. The Balaban J connectivity index is 1.44. The molecular weight excluding hydrogens is 512 g/mol. The average Bonchev–Trinajstić information content (AvgIpc) is 3.34. The Morgan fingerprint density at radius 3 is 2.24 bits per heavy atom. The fourth-order valence-corrected chi connectivity index (χ4v) is 6.62. The van der Waals surface area contributed by atoms with Gasteiger partial charge in [0.25, 0.3) is 0 Å². The van der Waals surface area contributed by atoms with E-state index >= 15 is 0 Å². The van der Waals surface area contributed by atoms with Crippen LogP contribution >= 0.6 is 0 Å². The molecule has 3 aromatic carbocycles. The van der Waals surface area contributed by atoms with E-state index in [4.69, 9.17) is 4.74 Å². The molecular formula is C35H38N2O4. The lowest BCUT2D eigenvalue weighted by molar-refractivity contribution is -0.132. The molecule has 1 N–H and O–H groups in total. The number of piperidine rings is 1. The summed E-state index contributed by atoms with van der Waals surface area (Å²) in [6, 6.07) is 23.7. The first-order valence-corrected chi connectivity index (χ1v) is 15.0. The van der Waals surface area contributed by atoms with Crippen molar-refractivity contribution in [2.75, 3.05) is 13.1 Å². The quantitative estimate of drug-likeness (QED) is 0.245. The van der Waals surface area contributed by atoms with E-state index in [1.165, 1.54) is 24.8 Å². The van der Waals surface area contributed by atoms with Crippen molar-refractivity contribution in [1.82, 2.24) is 9.47 Å². The molecule has 2 heterocycles. The summed E-state index contributed by atoms with van der Waals surface area (Å²) in [5.74, 6) is 0.304. The summed E-state index contributed by atoms with van der Waals surface area (Å²) >= 11 is 0. The molecule has 1 aliphatic heterocycles. The van der Waals surface area contributed by atoms with Gasteiger partial charge in [-0.3, -0.25) is 4.79 Å². The lowest BCUT2D eigenvalue weighted by atomic mass is 9.81. The van der Waals surface area contributed by atoms with Crippen LogP contribution in [0.15, 0.2) is 72.8 Å². The molecule has 41 heavy (non-hydrogen) atoms. The summed E-state index contributed by atoms with van der Waals surface area (Å²) in [4.78, 5) is 27.6. The predicted molar refractivity (Wildman–Crippen MR) is 161 cm³/mol. The van der Waals surface area contributed by atoms with Crippen LogP contribution in [0.25, 0.3) is 22.2 Å². The number of ether oxygens (including phenoxy) is 1. The van der Waals surface area contributed by atoms with Crippen LogP contribution in [0.3, 0.4) is 0 Å². The summed E-state index contributed by atoms with van der Waals surface area (Å²) in [6.45, 7) is 2.28. The zero-order valence-electron chi connectivity index (χ0n) is 23.6. The van der Waals surface area contributed by atoms with Gasteiger partial charge < -0.3 is 19.3 Å². The number of fused-ring (bicyclic) bond motifs is 1. The third kappa shape index (κ3) is 5.88. The molecule has 6 nitrogen and oxygen atoms in total. The number of likely N-dealkylation sites (tertiary alicyclic amines) is 1. The number of rotatable bonds is 8. The zero-order valence-corrected chi connectivity index (χ0v) is 23.6. The Bertz CT molecular complexity index is 1510. The van der Waals surface area contributed by atoms with Crippen molar-refractivity contribution in [3.8, 4) is 17.0 Å². The molecule has 1 aliphatic carbocycles. The number of carboxylic acids is 1. The predicted octanol–water partition coefficient (Wildman–Crippen LogP) is 7.65. The molecule has 1 aromatic heterocycles. The second kappa shape index (κ2) is 12.2. The fraction of sp³-hybridized carbons (Fsp3) is 0.371. The van der Waals surface area contributed by atoms with E-state index in [0.717, 1.165) is 78.7 Å². The molecule has 6 heteroatoms. The van der Waals surface area contributed by atoms with Crippen LogP contribution in [0.1, 0.15) is 78.8 Å². The molecule has 6 rings (SSSR count). The Labute approximate surface area is 241 Å². The Hall–Kier alpha value is -4.06. The van der Waals surface area contributed by atoms with E-state index in [1.54, 1.807) is 12.1 Å². The molecule has 1 saturated heterocycles. The molecule has 4 aromatic rings. The topological polar surface area (TPSA) is 71.8 Å². The number of nitrogens with zero attached hydrogens (tertiary/aromatic N) is 2. The highest BCUT2D eigenvalue weighted by molar-refractivity contribution is 5.99. The fourth-order valence-electron chi connectivity index (χ4n) is 6.62. The first kappa shape index (κ1) is 27.1. The van der Waals surface area contributed by atoms with E-state index in [1.807, 2.05) is 53.4 Å². The number of hydrogen-bond acceptors (Lipinski definition) is 3. The maximum absolute atomic E-state index is 13.6. The third-order valence-electron chi connectivity index (χ3n) is 8.74. The minimum atomic E-state index is -0.956. The normalized spacial score (nSPS) is 16.1. The second-order valence-corrected chi connectivity index (χ2v) is 11.5. The maximum atomic E-state index is 13.6. The first-order chi connectivity index (χ1) is 20.1. The highest BCUT2D eigenvalue weighted by Crippen LogP contribution is 2.44. The van der Waals surface area contributed by atoms with Gasteiger partial charge in [-0.15, -0.1) is 0 Å². The van der Waals surface area contributed by atoms with Crippen LogP contribution in [0.5, 0.6) is 5.75 Å². The first-order valence-electron chi connectivity index (χ1n) is 15.0. The average molecular weight is 551 g/mol. The van der Waals surface area contributed by atoms with Crippen molar-refractivity contribution in [3.63, 3.8) is 0 Å². The van der Waals surface area contributed by atoms with Crippen molar-refractivity contribution >= 4 is 22.8 Å². The van der Waals surface area contributed by atoms with Gasteiger partial charge in [-0.2, -0.15) is 0 Å². The number of carbonyl (C=O) groups excluding carboxylic acids is 1. The van der Waals surface area contributed by atoms with Crippen molar-refractivity contribution in [2.45, 2.75) is 70.4 Å². The molecule has 0 atom stereocenters. The van der Waals surface area contributed by atoms with Crippen molar-refractivity contribution in [1.29, 1.82) is 0 Å². The van der Waals surface area contributed by atoms with Crippen molar-refractivity contribution in [2.24, 2.45) is 0 Å². The number of amides is 1. The standard InChI is InChI=1S/C35H38N2O4/c38-32(36-20-8-3-9-21-36)23-37-31-22-28(35(39)40)16-19-30(31)33(26-12-6-2-7-13-26)34(37)27-14-17-29(18-15-27)41-24-25-10-4-1-5-11-25/h1,4-5,10-11,14-19,22,26H,2-3,6-9,12-13,20-21,23-24H2,(H,39,40). The van der Waals surface area contributed by atoms with Gasteiger partial charge >= 0.3 is 5.97 Å². The van der Waals surface area contributed by atoms with Crippen LogP contribution in [-0.2, 0) is 17.9 Å². The Morgan fingerprint density at radius 1 is 0.829 bits per heavy atom. The Kier molecular flexibility index (Phi) is 8.08. The lowest BCUT2D eigenvalue weighted by Crippen LogP contribution is -2.37. The minimum Gasteiger partial charge on any atom is -0.489 e. The number of benzene rings is 3. The molecule has 1 amide bonds.